The molecule has 0 aliphatic rings. The second-order valence-corrected chi connectivity index (χ2v) is 12.3. The highest BCUT2D eigenvalue weighted by molar-refractivity contribution is 7.87. The van der Waals surface area contributed by atoms with E-state index in [1.165, 1.54) is 135 Å². The Labute approximate surface area is 203 Å². The summed E-state index contributed by atoms with van der Waals surface area (Å²) >= 11 is 0. The average Bonchev–Trinajstić information content (AvgIpc) is 2.76. The largest absolute Gasteiger partial charge is 0.270 e. The molecule has 0 saturated heterocycles. The second kappa shape index (κ2) is 24.0. The lowest BCUT2D eigenvalue weighted by molar-refractivity contribution is 0.302. The molecular formula is C28H58O3S. The molecule has 0 heterocycles. The lowest BCUT2D eigenvalue weighted by Gasteiger charge is -2.08. The number of unbranched alkanes of at least 4 members (excludes halogenated alkanes) is 22. The average molecular weight is 475 g/mol. The van der Waals surface area contributed by atoms with E-state index in [9.17, 15) is 8.42 Å². The van der Waals surface area contributed by atoms with Crippen molar-refractivity contribution < 1.29 is 12.6 Å². The van der Waals surface area contributed by atoms with Gasteiger partial charge in [-0.25, -0.2) is 0 Å². The Balaban J connectivity index is 3.11. The van der Waals surface area contributed by atoms with E-state index < -0.39 is 15.4 Å². The van der Waals surface area contributed by atoms with Gasteiger partial charge in [-0.2, -0.15) is 8.42 Å². The lowest BCUT2D eigenvalue weighted by atomic mass is 10.0. The standard InChI is InChI=1S/C28H58O3S/c1-4-5-6-7-8-9-10-11-12-13-14-15-16-17-18-19-20-21-22-23-24-25-26-27-31-32(29,30)28(2)3/h28H,4-27H2,1-3H3. The lowest BCUT2D eigenvalue weighted by Crippen LogP contribution is -2.17. The molecule has 4 heteroatoms. The van der Waals surface area contributed by atoms with Crippen LogP contribution in [0, 0.1) is 0 Å². The van der Waals surface area contributed by atoms with E-state index >= 15 is 0 Å². The summed E-state index contributed by atoms with van der Waals surface area (Å²) in [5, 5.41) is -0.438. The molecule has 0 aliphatic heterocycles. The fraction of sp³-hybridized carbons (Fsp3) is 1.00. The molecule has 0 aromatic rings. The second-order valence-electron chi connectivity index (χ2n) is 10.1. The Bertz CT molecular complexity index is 459. The summed E-state index contributed by atoms with van der Waals surface area (Å²) < 4.78 is 28.1. The van der Waals surface area contributed by atoms with Gasteiger partial charge in [0.25, 0.3) is 10.1 Å². The van der Waals surface area contributed by atoms with Gasteiger partial charge in [0.1, 0.15) is 0 Å². The first-order chi connectivity index (χ1) is 15.5. The van der Waals surface area contributed by atoms with Gasteiger partial charge in [-0.05, 0) is 20.3 Å². The molecule has 0 rings (SSSR count). The predicted octanol–water partition coefficient (Wildman–Crippen LogP) is 9.73. The van der Waals surface area contributed by atoms with Gasteiger partial charge >= 0.3 is 0 Å². The van der Waals surface area contributed by atoms with Crippen molar-refractivity contribution >= 4 is 10.1 Å². The van der Waals surface area contributed by atoms with Crippen LogP contribution in [0.25, 0.3) is 0 Å². The zero-order valence-corrected chi connectivity index (χ0v) is 23.0. The smallest absolute Gasteiger partial charge is 0.269 e. The molecule has 0 spiro atoms. The molecule has 0 aromatic carbocycles. The van der Waals surface area contributed by atoms with Crippen LogP contribution in [0.2, 0.25) is 0 Å². The van der Waals surface area contributed by atoms with Gasteiger partial charge in [0.2, 0.25) is 0 Å². The van der Waals surface area contributed by atoms with Crippen molar-refractivity contribution in [3.8, 4) is 0 Å². The Morgan fingerprint density at radius 2 is 0.719 bits per heavy atom. The Morgan fingerprint density at radius 3 is 0.969 bits per heavy atom. The van der Waals surface area contributed by atoms with Gasteiger partial charge in [0, 0.05) is 0 Å². The first-order valence-corrected chi connectivity index (χ1v) is 15.9. The van der Waals surface area contributed by atoms with E-state index in [0.29, 0.717) is 6.61 Å². The van der Waals surface area contributed by atoms with Gasteiger partial charge in [-0.1, -0.05) is 148 Å². The van der Waals surface area contributed by atoms with Crippen molar-refractivity contribution in [1.29, 1.82) is 0 Å². The molecule has 0 atom stereocenters. The normalized spacial score (nSPS) is 12.1. The third-order valence-electron chi connectivity index (χ3n) is 6.57. The van der Waals surface area contributed by atoms with Crippen LogP contribution in [0.3, 0.4) is 0 Å². The number of hydrogen-bond acceptors (Lipinski definition) is 3. The first kappa shape index (κ1) is 31.9. The predicted molar refractivity (Wildman–Crippen MR) is 142 cm³/mol. The van der Waals surface area contributed by atoms with Crippen LogP contribution in [0.15, 0.2) is 0 Å². The van der Waals surface area contributed by atoms with E-state index in [0.717, 1.165) is 12.8 Å². The molecule has 0 amide bonds. The van der Waals surface area contributed by atoms with Crippen LogP contribution in [-0.4, -0.2) is 20.3 Å². The first-order valence-electron chi connectivity index (χ1n) is 14.4. The van der Waals surface area contributed by atoms with Crippen molar-refractivity contribution in [3.05, 3.63) is 0 Å². The van der Waals surface area contributed by atoms with Gasteiger partial charge in [0.15, 0.2) is 0 Å². The molecule has 0 bridgehead atoms. The minimum absolute atomic E-state index is 0.347. The highest BCUT2D eigenvalue weighted by Gasteiger charge is 2.15. The monoisotopic (exact) mass is 474 g/mol. The summed E-state index contributed by atoms with van der Waals surface area (Å²) in [5.74, 6) is 0. The van der Waals surface area contributed by atoms with Gasteiger partial charge < -0.3 is 0 Å². The van der Waals surface area contributed by atoms with E-state index in [-0.39, 0.29) is 0 Å². The van der Waals surface area contributed by atoms with Crippen LogP contribution in [0.5, 0.6) is 0 Å². The minimum Gasteiger partial charge on any atom is -0.270 e. The molecule has 3 nitrogen and oxygen atoms in total. The molecular weight excluding hydrogens is 416 g/mol. The van der Waals surface area contributed by atoms with E-state index in [2.05, 4.69) is 6.92 Å². The van der Waals surface area contributed by atoms with Crippen molar-refractivity contribution in [3.63, 3.8) is 0 Å². The molecule has 0 unspecified atom stereocenters. The number of rotatable bonds is 26. The molecule has 0 N–H and O–H groups in total. The fourth-order valence-corrected chi connectivity index (χ4v) is 4.82. The maximum Gasteiger partial charge on any atom is 0.269 e. The third-order valence-corrected chi connectivity index (χ3v) is 8.22. The van der Waals surface area contributed by atoms with Crippen LogP contribution >= 0.6 is 0 Å². The summed E-state index contributed by atoms with van der Waals surface area (Å²) in [7, 11) is -3.33. The summed E-state index contributed by atoms with van der Waals surface area (Å²) in [6.45, 7) is 5.96. The van der Waals surface area contributed by atoms with E-state index in [1.54, 1.807) is 13.8 Å². The quantitative estimate of drug-likeness (QED) is 0.0925. The van der Waals surface area contributed by atoms with Crippen LogP contribution in [0.4, 0.5) is 0 Å². The SMILES string of the molecule is CCCCCCCCCCCCCCCCCCCCCCCCCOS(=O)(=O)C(C)C. The zero-order valence-electron chi connectivity index (χ0n) is 22.2. The Kier molecular flexibility index (Phi) is 24.0. The van der Waals surface area contributed by atoms with E-state index in [4.69, 9.17) is 4.18 Å². The molecule has 0 fully saturated rings. The Morgan fingerprint density at radius 1 is 0.469 bits per heavy atom. The third kappa shape index (κ3) is 23.1. The van der Waals surface area contributed by atoms with Crippen molar-refractivity contribution in [2.24, 2.45) is 0 Å². The van der Waals surface area contributed by atoms with Gasteiger partial charge in [-0.3, -0.25) is 4.18 Å². The van der Waals surface area contributed by atoms with Crippen LogP contribution < -0.4 is 0 Å². The maximum absolute atomic E-state index is 11.5. The molecule has 32 heavy (non-hydrogen) atoms. The molecule has 0 saturated carbocycles. The highest BCUT2D eigenvalue weighted by atomic mass is 32.2. The summed E-state index contributed by atoms with van der Waals surface area (Å²) in [4.78, 5) is 0. The van der Waals surface area contributed by atoms with Crippen molar-refractivity contribution in [1.82, 2.24) is 0 Å². The summed E-state index contributed by atoms with van der Waals surface area (Å²) in [6.07, 6.45) is 31.5. The molecule has 194 valence electrons. The van der Waals surface area contributed by atoms with Crippen LogP contribution in [-0.2, 0) is 14.3 Å². The maximum atomic E-state index is 11.5. The zero-order chi connectivity index (χ0) is 23.8. The van der Waals surface area contributed by atoms with Crippen molar-refractivity contribution in [2.75, 3.05) is 6.61 Å². The minimum atomic E-state index is -3.33. The molecule has 0 aromatic heterocycles. The fourth-order valence-electron chi connectivity index (χ4n) is 4.20. The molecule has 0 radical (unpaired) electrons. The van der Waals surface area contributed by atoms with Gasteiger partial charge in [0.05, 0.1) is 11.9 Å². The Hall–Kier alpha value is -0.0900. The van der Waals surface area contributed by atoms with Gasteiger partial charge in [-0.15, -0.1) is 0 Å². The van der Waals surface area contributed by atoms with E-state index in [1.807, 2.05) is 0 Å². The van der Waals surface area contributed by atoms with Crippen LogP contribution in [0.1, 0.15) is 168 Å². The summed E-state index contributed by atoms with van der Waals surface area (Å²) in [5.41, 5.74) is 0. The molecule has 0 aliphatic carbocycles. The highest BCUT2D eigenvalue weighted by Crippen LogP contribution is 2.15. The topological polar surface area (TPSA) is 43.4 Å². The number of hydrogen-bond donors (Lipinski definition) is 0. The van der Waals surface area contributed by atoms with Crippen molar-refractivity contribution in [2.45, 2.75) is 174 Å². The summed E-state index contributed by atoms with van der Waals surface area (Å²) in [6, 6.07) is 0.